The van der Waals surface area contributed by atoms with Crippen molar-refractivity contribution in [2.75, 3.05) is 17.7 Å². The molecule has 172 valence electrons. The number of aliphatic hydroxyl groups excluding tert-OH is 1. The Bertz CT molecular complexity index is 1310. The van der Waals surface area contributed by atoms with Crippen LogP contribution in [0.15, 0.2) is 28.8 Å². The van der Waals surface area contributed by atoms with Crippen molar-refractivity contribution in [3.63, 3.8) is 0 Å². The molecule has 0 fully saturated rings. The molecule has 0 spiro atoms. The van der Waals surface area contributed by atoms with Gasteiger partial charge in [0.1, 0.15) is 28.2 Å². The quantitative estimate of drug-likeness (QED) is 0.312. The number of aryl methyl sites for hydroxylation is 2. The monoisotopic (exact) mass is 453 g/mol. The molecule has 0 aliphatic carbocycles. The van der Waals surface area contributed by atoms with Crippen molar-refractivity contribution in [3.05, 3.63) is 52.5 Å². The summed E-state index contributed by atoms with van der Waals surface area (Å²) in [6, 6.07) is 7.23. The Morgan fingerprint density at radius 2 is 2.06 bits per heavy atom. The van der Waals surface area contributed by atoms with Gasteiger partial charge in [-0.3, -0.25) is 10.00 Å². The van der Waals surface area contributed by atoms with Crippen LogP contribution in [0, 0.1) is 13.8 Å². The first kappa shape index (κ1) is 22.0. The number of rotatable bonds is 8. The molecular weight excluding hydrogens is 430 g/mol. The van der Waals surface area contributed by atoms with E-state index in [1.54, 1.807) is 37.8 Å². The molecule has 0 saturated carbocycles. The molecule has 1 aromatic carbocycles. The molecule has 12 heteroatoms. The second-order valence-electron chi connectivity index (χ2n) is 7.35. The average Bonchev–Trinajstić information content (AvgIpc) is 3.34. The van der Waals surface area contributed by atoms with Crippen LogP contribution in [0.1, 0.15) is 28.3 Å². The van der Waals surface area contributed by atoms with Crippen LogP contribution < -0.4 is 15.4 Å². The van der Waals surface area contributed by atoms with Crippen LogP contribution in [0.4, 0.5) is 16.6 Å². The maximum Gasteiger partial charge on any atom is 0.411 e. The van der Waals surface area contributed by atoms with Gasteiger partial charge < -0.3 is 24.8 Å². The largest absolute Gasteiger partial charge is 0.496 e. The molecule has 4 aromatic rings. The van der Waals surface area contributed by atoms with Crippen LogP contribution in [-0.2, 0) is 19.7 Å². The topological polar surface area (TPSA) is 160 Å². The van der Waals surface area contributed by atoms with E-state index in [1.807, 2.05) is 12.1 Å². The van der Waals surface area contributed by atoms with Gasteiger partial charge >= 0.3 is 6.09 Å². The van der Waals surface area contributed by atoms with Gasteiger partial charge in [-0.1, -0.05) is 17.3 Å². The summed E-state index contributed by atoms with van der Waals surface area (Å²) in [7, 11) is 1.56. The highest BCUT2D eigenvalue weighted by Crippen LogP contribution is 2.28. The fourth-order valence-corrected chi connectivity index (χ4v) is 3.47. The molecule has 0 aliphatic rings. The van der Waals surface area contributed by atoms with E-state index < -0.39 is 6.09 Å². The van der Waals surface area contributed by atoms with Crippen molar-refractivity contribution < 1.29 is 24.3 Å². The van der Waals surface area contributed by atoms with Crippen LogP contribution in [0.3, 0.4) is 0 Å². The number of aliphatic hydroxyl groups is 1. The van der Waals surface area contributed by atoms with E-state index in [9.17, 15) is 9.90 Å². The molecule has 0 atom stereocenters. The summed E-state index contributed by atoms with van der Waals surface area (Å²) in [5, 5.41) is 32.5. The lowest BCUT2D eigenvalue weighted by molar-refractivity contribution is 0.209. The summed E-state index contributed by atoms with van der Waals surface area (Å²) in [5.74, 6) is 1.60. The molecular formula is C21H23N7O5. The molecule has 3 heterocycles. The van der Waals surface area contributed by atoms with Crippen LogP contribution in [0.2, 0.25) is 0 Å². The van der Waals surface area contributed by atoms with Gasteiger partial charge in [0.2, 0.25) is 5.95 Å². The predicted octanol–water partition coefficient (Wildman–Crippen LogP) is 2.68. The number of aromatic nitrogens is 5. The molecule has 0 unspecified atom stereocenters. The fraction of sp³-hybridized carbons (Fsp3) is 0.286. The number of carbonyl (C=O) groups is 1. The van der Waals surface area contributed by atoms with Crippen LogP contribution in [0.5, 0.6) is 5.75 Å². The third kappa shape index (κ3) is 4.70. The SMILES string of the molecule is COc1cc(CO)ccc1Cn1nc(C)c2nc(NC(=O)O)nc(NCc3cc(C)on3)c21. The number of amides is 1. The Labute approximate surface area is 188 Å². The van der Waals surface area contributed by atoms with Gasteiger partial charge in [-0.25, -0.2) is 9.78 Å². The van der Waals surface area contributed by atoms with Crippen LogP contribution in [-0.4, -0.2) is 48.3 Å². The number of methoxy groups -OCH3 is 1. The molecule has 1 amide bonds. The summed E-state index contributed by atoms with van der Waals surface area (Å²) in [5.41, 5.74) is 3.93. The van der Waals surface area contributed by atoms with Gasteiger partial charge in [-0.05, 0) is 25.5 Å². The standard InChI is InChI=1S/C21H23N7O5/c1-11-6-15(27-33-11)8-22-19-18-17(23-20(24-19)25-21(30)31)12(2)26-28(18)9-14-5-4-13(10-29)7-16(14)32-3/h4-7,29H,8-10H2,1-3H3,(H,30,31)(H2,22,23,24,25). The second-order valence-corrected chi connectivity index (χ2v) is 7.35. The zero-order valence-electron chi connectivity index (χ0n) is 18.3. The third-order valence-corrected chi connectivity index (χ3v) is 4.94. The Hall–Kier alpha value is -4.19. The van der Waals surface area contributed by atoms with Crippen molar-refractivity contribution in [2.24, 2.45) is 0 Å². The first-order valence-electron chi connectivity index (χ1n) is 10.1. The number of benzene rings is 1. The van der Waals surface area contributed by atoms with Crippen molar-refractivity contribution >= 4 is 28.9 Å². The lowest BCUT2D eigenvalue weighted by atomic mass is 10.1. The normalized spacial score (nSPS) is 11.0. The van der Waals surface area contributed by atoms with Crippen molar-refractivity contribution in [2.45, 2.75) is 33.5 Å². The van der Waals surface area contributed by atoms with Gasteiger partial charge in [-0.15, -0.1) is 0 Å². The minimum Gasteiger partial charge on any atom is -0.496 e. The highest BCUT2D eigenvalue weighted by Gasteiger charge is 2.19. The minimum atomic E-state index is -1.27. The molecule has 0 aliphatic heterocycles. The molecule has 4 N–H and O–H groups in total. The van der Waals surface area contributed by atoms with Crippen molar-refractivity contribution in [1.82, 2.24) is 24.9 Å². The number of carboxylic acid groups (broad SMARTS) is 1. The molecule has 0 radical (unpaired) electrons. The van der Waals surface area contributed by atoms with Gasteiger partial charge in [-0.2, -0.15) is 10.1 Å². The van der Waals surface area contributed by atoms with E-state index in [4.69, 9.17) is 14.4 Å². The lowest BCUT2D eigenvalue weighted by Gasteiger charge is -2.13. The predicted molar refractivity (Wildman–Crippen MR) is 118 cm³/mol. The van der Waals surface area contributed by atoms with Crippen LogP contribution >= 0.6 is 0 Å². The van der Waals surface area contributed by atoms with Crippen LogP contribution in [0.25, 0.3) is 11.0 Å². The first-order valence-corrected chi connectivity index (χ1v) is 10.1. The summed E-state index contributed by atoms with van der Waals surface area (Å²) in [4.78, 5) is 19.9. The highest BCUT2D eigenvalue weighted by molar-refractivity contribution is 5.90. The van der Waals surface area contributed by atoms with E-state index in [1.165, 1.54) is 0 Å². The summed E-state index contributed by atoms with van der Waals surface area (Å²) in [6.45, 7) is 4.12. The summed E-state index contributed by atoms with van der Waals surface area (Å²) in [6.07, 6.45) is -1.27. The zero-order valence-corrected chi connectivity index (χ0v) is 18.3. The Morgan fingerprint density at radius 1 is 1.24 bits per heavy atom. The lowest BCUT2D eigenvalue weighted by Crippen LogP contribution is -2.13. The number of nitrogens with one attached hydrogen (secondary N) is 2. The number of fused-ring (bicyclic) bond motifs is 1. The van der Waals surface area contributed by atoms with Gasteiger partial charge in [0.15, 0.2) is 5.82 Å². The number of anilines is 2. The minimum absolute atomic E-state index is 0.0682. The Balaban J connectivity index is 1.77. The number of hydrogen-bond acceptors (Lipinski definition) is 9. The third-order valence-electron chi connectivity index (χ3n) is 4.94. The molecule has 0 bridgehead atoms. The number of hydrogen-bond donors (Lipinski definition) is 4. The second kappa shape index (κ2) is 9.12. The highest BCUT2D eigenvalue weighted by atomic mass is 16.5. The first-order chi connectivity index (χ1) is 15.9. The Morgan fingerprint density at radius 3 is 2.73 bits per heavy atom. The van der Waals surface area contributed by atoms with Crippen molar-refractivity contribution in [3.8, 4) is 5.75 Å². The number of nitrogens with zero attached hydrogens (tertiary/aromatic N) is 5. The molecule has 4 rings (SSSR count). The fourth-order valence-electron chi connectivity index (χ4n) is 3.47. The van der Waals surface area contributed by atoms with Gasteiger partial charge in [0.05, 0.1) is 32.5 Å². The zero-order chi connectivity index (χ0) is 23.5. The smallest absolute Gasteiger partial charge is 0.411 e. The van der Waals surface area contributed by atoms with Crippen molar-refractivity contribution in [1.29, 1.82) is 0 Å². The molecule has 0 saturated heterocycles. The maximum atomic E-state index is 11.2. The van der Waals surface area contributed by atoms with E-state index in [-0.39, 0.29) is 12.6 Å². The number of ether oxygens (including phenoxy) is 1. The molecule has 3 aromatic heterocycles. The van der Waals surface area contributed by atoms with E-state index in [0.717, 1.165) is 11.1 Å². The summed E-state index contributed by atoms with van der Waals surface area (Å²) < 4.78 is 12.3. The van der Waals surface area contributed by atoms with Gasteiger partial charge in [0, 0.05) is 11.6 Å². The van der Waals surface area contributed by atoms with E-state index >= 15 is 0 Å². The van der Waals surface area contributed by atoms with E-state index in [2.05, 4.69) is 30.9 Å². The Kier molecular flexibility index (Phi) is 6.09. The molecule has 12 nitrogen and oxygen atoms in total. The van der Waals surface area contributed by atoms with Gasteiger partial charge in [0.25, 0.3) is 0 Å². The summed E-state index contributed by atoms with van der Waals surface area (Å²) >= 11 is 0. The van der Waals surface area contributed by atoms with E-state index in [0.29, 0.717) is 52.8 Å². The molecule has 33 heavy (non-hydrogen) atoms. The maximum absolute atomic E-state index is 11.2. The average molecular weight is 453 g/mol.